The van der Waals surface area contributed by atoms with Gasteiger partial charge in [0.15, 0.2) is 5.13 Å². The van der Waals surface area contributed by atoms with Gasteiger partial charge in [0.2, 0.25) is 11.1 Å². The number of carbonyl (C=O) groups excluding carboxylic acids is 1. The fraction of sp³-hybridized carbons (Fsp3) is 0.105. The van der Waals surface area contributed by atoms with Crippen molar-refractivity contribution in [3.8, 4) is 16.9 Å². The lowest BCUT2D eigenvalue weighted by Gasteiger charge is -2.06. The first kappa shape index (κ1) is 19.2. The number of amides is 1. The Morgan fingerprint density at radius 1 is 1.21 bits per heavy atom. The molecular weight excluding hydrogens is 411 g/mol. The molecule has 0 unspecified atom stereocenters. The second-order valence-electron chi connectivity index (χ2n) is 6.04. The highest BCUT2D eigenvalue weighted by Gasteiger charge is 2.14. The maximum Gasteiger partial charge on any atom is 0.236 e. The summed E-state index contributed by atoms with van der Waals surface area (Å²) in [6, 6.07) is 13.8. The SMILES string of the molecule is Cc1ccccc1-n1nnnc1SCC(=O)Nc1nc(-c2ccc(F)cc2)cs1. The molecule has 2 aromatic heterocycles. The molecule has 0 bridgehead atoms. The van der Waals surface area contributed by atoms with Gasteiger partial charge in [0.25, 0.3) is 0 Å². The quantitative estimate of drug-likeness (QED) is 0.470. The minimum atomic E-state index is -0.303. The smallest absolute Gasteiger partial charge is 0.236 e. The fourth-order valence-electron chi connectivity index (χ4n) is 2.59. The highest BCUT2D eigenvalue weighted by molar-refractivity contribution is 7.99. The third kappa shape index (κ3) is 4.49. The largest absolute Gasteiger partial charge is 0.301 e. The molecule has 0 saturated carbocycles. The van der Waals surface area contributed by atoms with Crippen LogP contribution >= 0.6 is 23.1 Å². The van der Waals surface area contributed by atoms with E-state index in [0.29, 0.717) is 16.0 Å². The second-order valence-corrected chi connectivity index (χ2v) is 7.84. The lowest BCUT2D eigenvalue weighted by Crippen LogP contribution is -2.14. The number of thioether (sulfide) groups is 1. The van der Waals surface area contributed by atoms with Crippen molar-refractivity contribution in [2.75, 3.05) is 11.1 Å². The van der Waals surface area contributed by atoms with Crippen molar-refractivity contribution in [3.05, 3.63) is 65.3 Å². The zero-order chi connectivity index (χ0) is 20.2. The van der Waals surface area contributed by atoms with Crippen LogP contribution in [-0.2, 0) is 4.79 Å². The first-order chi connectivity index (χ1) is 14.1. The Hall–Kier alpha value is -3.11. The number of hydrogen-bond donors (Lipinski definition) is 1. The van der Waals surface area contributed by atoms with Gasteiger partial charge in [-0.1, -0.05) is 30.0 Å². The van der Waals surface area contributed by atoms with Gasteiger partial charge in [0.05, 0.1) is 17.1 Å². The van der Waals surface area contributed by atoms with Gasteiger partial charge in [-0.25, -0.2) is 9.37 Å². The molecule has 1 N–H and O–H groups in total. The van der Waals surface area contributed by atoms with Crippen LogP contribution in [0.4, 0.5) is 9.52 Å². The van der Waals surface area contributed by atoms with Crippen molar-refractivity contribution >= 4 is 34.1 Å². The van der Waals surface area contributed by atoms with E-state index in [9.17, 15) is 9.18 Å². The summed E-state index contributed by atoms with van der Waals surface area (Å²) in [5.41, 5.74) is 3.36. The monoisotopic (exact) mass is 426 g/mol. The van der Waals surface area contributed by atoms with Crippen LogP contribution < -0.4 is 5.32 Å². The van der Waals surface area contributed by atoms with Gasteiger partial charge in [-0.15, -0.1) is 16.4 Å². The van der Waals surface area contributed by atoms with E-state index in [4.69, 9.17) is 0 Å². The van der Waals surface area contributed by atoms with Gasteiger partial charge < -0.3 is 5.32 Å². The molecule has 29 heavy (non-hydrogen) atoms. The van der Waals surface area contributed by atoms with E-state index >= 15 is 0 Å². The third-order valence-electron chi connectivity index (χ3n) is 4.01. The average molecular weight is 427 g/mol. The van der Waals surface area contributed by atoms with Gasteiger partial charge in [-0.2, -0.15) is 4.68 Å². The van der Waals surface area contributed by atoms with Crippen molar-refractivity contribution < 1.29 is 9.18 Å². The Kier molecular flexibility index (Phi) is 5.63. The van der Waals surface area contributed by atoms with Crippen molar-refractivity contribution in [3.63, 3.8) is 0 Å². The zero-order valence-corrected chi connectivity index (χ0v) is 16.9. The van der Waals surface area contributed by atoms with Crippen LogP contribution in [-0.4, -0.2) is 36.9 Å². The standard InChI is InChI=1S/C19H15FN6OS2/c1-12-4-2-3-5-16(12)26-19(23-24-25-26)29-11-17(27)22-18-21-15(10-28-18)13-6-8-14(20)9-7-13/h2-10H,11H2,1H3,(H,21,22,27). The van der Waals surface area contributed by atoms with Crippen molar-refractivity contribution in [1.29, 1.82) is 0 Å². The van der Waals surface area contributed by atoms with Crippen molar-refractivity contribution in [2.24, 2.45) is 0 Å². The molecule has 1 amide bonds. The number of thiazole rings is 1. The Bertz CT molecular complexity index is 1140. The van der Waals surface area contributed by atoms with Gasteiger partial charge in [-0.3, -0.25) is 4.79 Å². The summed E-state index contributed by atoms with van der Waals surface area (Å²) < 4.78 is 14.7. The number of nitrogens with one attached hydrogen (secondary N) is 1. The molecule has 10 heteroatoms. The molecule has 2 heterocycles. The molecule has 0 aliphatic heterocycles. The number of benzene rings is 2. The highest BCUT2D eigenvalue weighted by Crippen LogP contribution is 2.26. The van der Waals surface area contributed by atoms with Gasteiger partial charge in [-0.05, 0) is 53.2 Å². The molecule has 2 aromatic carbocycles. The summed E-state index contributed by atoms with van der Waals surface area (Å²) >= 11 is 2.55. The number of anilines is 1. The Morgan fingerprint density at radius 3 is 2.79 bits per heavy atom. The highest BCUT2D eigenvalue weighted by atomic mass is 32.2. The lowest BCUT2D eigenvalue weighted by molar-refractivity contribution is -0.113. The predicted octanol–water partition coefficient (Wildman–Crippen LogP) is 3.96. The maximum atomic E-state index is 13.0. The van der Waals surface area contributed by atoms with Crippen LogP contribution in [0.5, 0.6) is 0 Å². The second kappa shape index (κ2) is 8.50. The number of nitrogens with zero attached hydrogens (tertiary/aromatic N) is 5. The number of carbonyl (C=O) groups is 1. The van der Waals surface area contributed by atoms with Crippen LogP contribution in [0.1, 0.15) is 5.56 Å². The average Bonchev–Trinajstić information content (AvgIpc) is 3.37. The fourth-order valence-corrected chi connectivity index (χ4v) is 4.01. The summed E-state index contributed by atoms with van der Waals surface area (Å²) in [6.07, 6.45) is 0. The Morgan fingerprint density at radius 2 is 2.00 bits per heavy atom. The summed E-state index contributed by atoms with van der Waals surface area (Å²) in [6.45, 7) is 1.97. The van der Waals surface area contributed by atoms with Crippen LogP contribution in [0.3, 0.4) is 0 Å². The zero-order valence-electron chi connectivity index (χ0n) is 15.2. The van der Waals surface area contributed by atoms with Crippen LogP contribution in [0.15, 0.2) is 59.1 Å². The molecule has 0 radical (unpaired) electrons. The molecule has 4 aromatic rings. The molecule has 0 spiro atoms. The number of halogens is 1. The number of aromatic nitrogens is 5. The molecule has 7 nitrogen and oxygen atoms in total. The molecule has 0 aliphatic carbocycles. The summed E-state index contributed by atoms with van der Waals surface area (Å²) in [5.74, 6) is -0.380. The summed E-state index contributed by atoms with van der Waals surface area (Å²) in [7, 11) is 0. The number of aryl methyl sites for hydroxylation is 1. The molecule has 0 atom stereocenters. The maximum absolute atomic E-state index is 13.0. The predicted molar refractivity (Wildman–Crippen MR) is 111 cm³/mol. The minimum Gasteiger partial charge on any atom is -0.301 e. The van der Waals surface area contributed by atoms with E-state index in [1.807, 2.05) is 36.6 Å². The number of para-hydroxylation sites is 1. The molecule has 0 saturated heterocycles. The van der Waals surface area contributed by atoms with E-state index in [1.165, 1.54) is 35.2 Å². The van der Waals surface area contributed by atoms with E-state index in [1.54, 1.807) is 16.8 Å². The summed E-state index contributed by atoms with van der Waals surface area (Å²) in [5, 5.41) is 17.3. The van der Waals surface area contributed by atoms with E-state index in [-0.39, 0.29) is 17.5 Å². The van der Waals surface area contributed by atoms with Crippen molar-refractivity contribution in [1.82, 2.24) is 25.2 Å². The Balaban J connectivity index is 1.39. The molecule has 4 rings (SSSR count). The van der Waals surface area contributed by atoms with Gasteiger partial charge in [0, 0.05) is 10.9 Å². The molecule has 0 fully saturated rings. The van der Waals surface area contributed by atoms with E-state index < -0.39 is 0 Å². The van der Waals surface area contributed by atoms with Gasteiger partial charge in [0.1, 0.15) is 5.82 Å². The molecule has 146 valence electrons. The number of tetrazole rings is 1. The number of hydrogen-bond acceptors (Lipinski definition) is 7. The molecule has 0 aliphatic rings. The van der Waals surface area contributed by atoms with E-state index in [0.717, 1.165) is 16.8 Å². The van der Waals surface area contributed by atoms with Crippen LogP contribution in [0, 0.1) is 12.7 Å². The Labute approximate surface area is 174 Å². The van der Waals surface area contributed by atoms with E-state index in [2.05, 4.69) is 25.8 Å². The summed E-state index contributed by atoms with van der Waals surface area (Å²) in [4.78, 5) is 16.7. The number of rotatable bonds is 6. The topological polar surface area (TPSA) is 85.6 Å². The molecular formula is C19H15FN6OS2. The van der Waals surface area contributed by atoms with Gasteiger partial charge >= 0.3 is 0 Å². The van der Waals surface area contributed by atoms with Crippen LogP contribution in [0.2, 0.25) is 0 Å². The minimum absolute atomic E-state index is 0.137. The lowest BCUT2D eigenvalue weighted by atomic mass is 10.2. The first-order valence-corrected chi connectivity index (χ1v) is 10.4. The first-order valence-electron chi connectivity index (χ1n) is 8.58. The third-order valence-corrected chi connectivity index (χ3v) is 5.68. The van der Waals surface area contributed by atoms with Crippen molar-refractivity contribution in [2.45, 2.75) is 12.1 Å². The normalized spacial score (nSPS) is 10.8. The van der Waals surface area contributed by atoms with Crippen LogP contribution in [0.25, 0.3) is 16.9 Å².